The van der Waals surface area contributed by atoms with Crippen LogP contribution in [0.15, 0.2) is 61.2 Å². The van der Waals surface area contributed by atoms with Crippen molar-refractivity contribution in [1.82, 2.24) is 34.5 Å². The molecule has 0 aliphatic carbocycles. The highest BCUT2D eigenvalue weighted by molar-refractivity contribution is 8.07. The fourth-order valence-electron chi connectivity index (χ4n) is 6.74. The van der Waals surface area contributed by atoms with E-state index >= 15 is 0 Å². The zero-order valence-electron chi connectivity index (χ0n) is 31.1. The maximum Gasteiger partial charge on any atom is 0.475 e. The number of fused-ring (bicyclic) bond motifs is 4. The fraction of sp³-hybridized carbons (Fsp3) is 0.412. The van der Waals surface area contributed by atoms with Crippen LogP contribution in [0.5, 0.6) is 0 Å². The van der Waals surface area contributed by atoms with Crippen LogP contribution in [0.25, 0.3) is 22.2 Å². The Kier molecular flexibility index (Phi) is 12.3. The van der Waals surface area contributed by atoms with E-state index in [9.17, 15) is 30.0 Å². The molecule has 0 radical (unpaired) electrons. The fourth-order valence-corrected chi connectivity index (χ4v) is 10.3. The predicted octanol–water partition coefficient (Wildman–Crippen LogP) is 5.02. The molecule has 8 rings (SSSR count). The van der Waals surface area contributed by atoms with Crippen LogP contribution < -0.4 is 5.32 Å². The third-order valence-electron chi connectivity index (χ3n) is 9.50. The quantitative estimate of drug-likeness (QED) is 0.0788. The van der Waals surface area contributed by atoms with Gasteiger partial charge in [0.05, 0.1) is 68.2 Å². The lowest BCUT2D eigenvalue weighted by molar-refractivity contribution is -0.383. The second-order valence-corrected chi connectivity index (χ2v) is 17.9. The summed E-state index contributed by atoms with van der Waals surface area (Å²) in [5, 5.41) is 41.1. The number of phosphoric ester groups is 1. The van der Waals surface area contributed by atoms with Crippen LogP contribution in [0, 0.1) is 32.8 Å². The monoisotopic (exact) mass is 881 g/mol. The van der Waals surface area contributed by atoms with E-state index in [0.29, 0.717) is 16.7 Å². The minimum Gasteiger partial charge on any atom is -0.349 e. The van der Waals surface area contributed by atoms with Gasteiger partial charge in [-0.1, -0.05) is 29.5 Å². The van der Waals surface area contributed by atoms with Crippen LogP contribution in [0.3, 0.4) is 0 Å². The summed E-state index contributed by atoms with van der Waals surface area (Å²) in [6, 6.07) is 16.9. The van der Waals surface area contributed by atoms with Crippen molar-refractivity contribution in [3.05, 3.63) is 76.9 Å². The number of nitriles is 2. The molecule has 23 nitrogen and oxygen atoms in total. The lowest BCUT2D eigenvalue weighted by Crippen LogP contribution is -2.33. The lowest BCUT2D eigenvalue weighted by Gasteiger charge is -2.31. The molecule has 0 spiro atoms. The number of anilines is 1. The van der Waals surface area contributed by atoms with Gasteiger partial charge in [0.25, 0.3) is 11.6 Å². The van der Waals surface area contributed by atoms with Gasteiger partial charge in [-0.3, -0.25) is 33.0 Å². The van der Waals surface area contributed by atoms with E-state index in [4.69, 9.17) is 48.4 Å². The zero-order valence-corrected chi connectivity index (χ0v) is 33.7. The van der Waals surface area contributed by atoms with Gasteiger partial charge >= 0.3 is 14.5 Å². The Morgan fingerprint density at radius 2 is 1.63 bits per heavy atom. The number of amides is 1. The van der Waals surface area contributed by atoms with Gasteiger partial charge in [-0.15, -0.1) is 5.10 Å². The first-order chi connectivity index (χ1) is 29.1. The lowest BCUT2D eigenvalue weighted by atomic mass is 10.2. The third-order valence-corrected chi connectivity index (χ3v) is 13.4. The number of aromatic nitrogens is 7. The number of nitro benzene ring substituents is 1. The highest BCUT2D eigenvalue weighted by Crippen LogP contribution is 2.58. The molecule has 1 N–H and O–H groups in total. The molecular formula is C34H33N11O12P2S. The number of nitrogens with one attached hydrogen (secondary N) is 1. The Labute approximate surface area is 344 Å². The second-order valence-electron chi connectivity index (χ2n) is 13.3. The van der Waals surface area contributed by atoms with Gasteiger partial charge < -0.3 is 28.4 Å². The summed E-state index contributed by atoms with van der Waals surface area (Å²) in [6.07, 6.45) is -3.35. The molecule has 3 aromatic heterocycles. The summed E-state index contributed by atoms with van der Waals surface area (Å²) in [5.74, 6) is -0.253. The number of ether oxygens (including phenoxy) is 2. The first-order valence-corrected chi connectivity index (χ1v) is 22.3. The maximum atomic E-state index is 14.4. The van der Waals surface area contributed by atoms with Gasteiger partial charge in [0.1, 0.15) is 37.0 Å². The molecule has 312 valence electrons. The van der Waals surface area contributed by atoms with Crippen LogP contribution in [0.4, 0.5) is 11.5 Å². The molecule has 3 aliphatic heterocycles. The van der Waals surface area contributed by atoms with E-state index in [0.717, 1.165) is 0 Å². The largest absolute Gasteiger partial charge is 0.475 e. The van der Waals surface area contributed by atoms with Gasteiger partial charge in [0, 0.05) is 24.5 Å². The molecule has 3 saturated heterocycles. The molecule has 2 unspecified atom stereocenters. The Hall–Kier alpha value is -5.20. The topological polar surface area (TPSA) is 285 Å². The summed E-state index contributed by atoms with van der Waals surface area (Å²) < 4.78 is 66.3. The number of phosphoric acid groups is 1. The van der Waals surface area contributed by atoms with Crippen molar-refractivity contribution in [1.29, 1.82) is 10.5 Å². The van der Waals surface area contributed by atoms with Crippen LogP contribution in [-0.4, -0.2) is 96.2 Å². The first-order valence-electron chi connectivity index (χ1n) is 18.3. The minimum absolute atomic E-state index is 0.0132. The van der Waals surface area contributed by atoms with E-state index in [1.165, 1.54) is 29.5 Å². The molecule has 26 heteroatoms. The smallest absolute Gasteiger partial charge is 0.349 e. The number of imidazole rings is 1. The number of hydrogen-bond acceptors (Lipinski definition) is 20. The van der Waals surface area contributed by atoms with E-state index in [1.54, 1.807) is 41.0 Å². The van der Waals surface area contributed by atoms with E-state index in [2.05, 4.69) is 30.6 Å². The van der Waals surface area contributed by atoms with Gasteiger partial charge in [0.15, 0.2) is 28.7 Å². The summed E-state index contributed by atoms with van der Waals surface area (Å²) in [5.41, 5.74) is 1.04. The summed E-state index contributed by atoms with van der Waals surface area (Å²) in [6.45, 7) is -4.98. The van der Waals surface area contributed by atoms with Crippen molar-refractivity contribution < 1.29 is 50.9 Å². The number of rotatable bonds is 11. The van der Waals surface area contributed by atoms with E-state index in [1.807, 2.05) is 12.1 Å². The zero-order chi connectivity index (χ0) is 41.9. The second kappa shape index (κ2) is 17.8. The molecule has 5 aromatic rings. The number of benzene rings is 2. The van der Waals surface area contributed by atoms with Crippen molar-refractivity contribution in [2.75, 3.05) is 31.7 Å². The van der Waals surface area contributed by atoms with Gasteiger partial charge in [0.2, 0.25) is 0 Å². The first kappa shape index (κ1) is 41.5. The van der Waals surface area contributed by atoms with Crippen molar-refractivity contribution >= 4 is 66.0 Å². The molecule has 60 heavy (non-hydrogen) atoms. The molecule has 3 aliphatic rings. The minimum atomic E-state index is -4.52. The Bertz CT molecular complexity index is 2590. The van der Waals surface area contributed by atoms with Crippen LogP contribution in [-0.2, 0) is 53.0 Å². The Morgan fingerprint density at radius 3 is 2.40 bits per heavy atom. The molecule has 1 amide bonds. The van der Waals surface area contributed by atoms with Crippen LogP contribution in [0.1, 0.15) is 48.5 Å². The highest BCUT2D eigenvalue weighted by Gasteiger charge is 2.48. The molecule has 3 fully saturated rings. The van der Waals surface area contributed by atoms with Gasteiger partial charge in [-0.05, 0) is 30.0 Å². The highest BCUT2D eigenvalue weighted by atomic mass is 32.5. The maximum absolute atomic E-state index is 14.4. The van der Waals surface area contributed by atoms with Crippen molar-refractivity contribution in [3.63, 3.8) is 0 Å². The number of non-ortho nitro benzene ring substituents is 1. The van der Waals surface area contributed by atoms with Crippen molar-refractivity contribution in [3.8, 4) is 12.1 Å². The predicted molar refractivity (Wildman–Crippen MR) is 207 cm³/mol. The standard InChI is InChI=1S/C34H33N11O12P2S/c35-11-5-13-50-58(49)52-17-26-25(16-29(55-26)44-22-9-4-10-23(45(47)48)30(22)41-42-44)57-59(60,51-14-6-12-36)53-18-27-24(56-58)15-28(54-27)43-20-39-31-32(37-19-38-33(31)43)40-34(46)21-7-2-1-3-8-21/h1-4,7-10,19-20,24-29H,5-6,13-18H2,(H,37,38,40,46)/t24-,25-,26+,27+,28+,29+,58?,59?/m0/s1. The van der Waals surface area contributed by atoms with Crippen LogP contribution in [0.2, 0.25) is 0 Å². The SMILES string of the molecule is N#CCCOP1(=O)OC[C@H]2O[C@@H](n3nnc4c([N+](=O)[O-])cccc43)C[C@@H]2OP(=S)(OCCC#N)OC[C@H]2O[C@@H](n3cnc4c(NC(=O)c5ccccc5)ncnc43)C[C@@H]2O1. The third kappa shape index (κ3) is 8.81. The number of carbonyl (C=O) groups excluding carboxylic acids is 1. The number of carbonyl (C=O) groups is 1. The summed E-state index contributed by atoms with van der Waals surface area (Å²) in [4.78, 5) is 37.1. The Morgan fingerprint density at radius 1 is 0.917 bits per heavy atom. The van der Waals surface area contributed by atoms with E-state index < -0.39 is 68.9 Å². The Balaban J connectivity index is 1.08. The molecule has 0 bridgehead atoms. The van der Waals surface area contributed by atoms with Crippen LogP contribution >= 0.6 is 14.5 Å². The average molecular weight is 882 g/mol. The number of nitro groups is 1. The summed E-state index contributed by atoms with van der Waals surface area (Å²) in [7, 11) is -4.52. The van der Waals surface area contributed by atoms with Crippen molar-refractivity contribution in [2.45, 2.75) is 62.6 Å². The van der Waals surface area contributed by atoms with Crippen molar-refractivity contribution in [2.24, 2.45) is 0 Å². The molecule has 8 atom stereocenters. The van der Waals surface area contributed by atoms with Gasteiger partial charge in [-0.25, -0.2) is 24.2 Å². The number of nitrogens with zero attached hydrogens (tertiary/aromatic N) is 10. The van der Waals surface area contributed by atoms with E-state index in [-0.39, 0.29) is 68.0 Å². The number of hydrogen-bond donors (Lipinski definition) is 1. The average Bonchev–Trinajstić information content (AvgIpc) is 4.05. The molecule has 6 heterocycles. The van der Waals surface area contributed by atoms with Gasteiger partial charge in [-0.2, -0.15) is 10.5 Å². The molecular weight excluding hydrogens is 848 g/mol. The summed E-state index contributed by atoms with van der Waals surface area (Å²) >= 11 is 5.87. The normalized spacial score (nSPS) is 28.2. The molecule has 0 saturated carbocycles. The molecule has 2 aromatic carbocycles.